The van der Waals surface area contributed by atoms with E-state index < -0.39 is 17.7 Å². The number of hydrogen-bond acceptors (Lipinski definition) is 4. The normalized spacial score (nSPS) is 11.3. The number of rotatable bonds is 4. The van der Waals surface area contributed by atoms with Gasteiger partial charge in [0.15, 0.2) is 11.5 Å². The van der Waals surface area contributed by atoms with E-state index in [0.717, 1.165) is 12.1 Å². The maximum atomic E-state index is 12.7. The van der Waals surface area contributed by atoms with Gasteiger partial charge in [0.25, 0.3) is 0 Å². The maximum absolute atomic E-state index is 12.7. The van der Waals surface area contributed by atoms with Gasteiger partial charge in [0.1, 0.15) is 0 Å². The second-order valence-electron chi connectivity index (χ2n) is 3.88. The van der Waals surface area contributed by atoms with Gasteiger partial charge in [-0.1, -0.05) is 17.3 Å². The van der Waals surface area contributed by atoms with Gasteiger partial charge in [0.2, 0.25) is 0 Å². The maximum Gasteiger partial charge on any atom is 0.418 e. The molecule has 0 aliphatic heterocycles. The number of halogens is 3. The lowest BCUT2D eigenvalue weighted by Gasteiger charge is -2.13. The lowest BCUT2D eigenvalue weighted by Crippen LogP contribution is -2.10. The molecule has 0 aliphatic carbocycles. The largest absolute Gasteiger partial charge is 0.476 e. The zero-order valence-corrected chi connectivity index (χ0v) is 9.94. The van der Waals surface area contributed by atoms with Crippen molar-refractivity contribution in [1.82, 2.24) is 5.16 Å². The number of nitrogens with zero attached hydrogens (tertiary/aromatic N) is 1. The predicted octanol–water partition coefficient (Wildman–Crippen LogP) is 3.00. The molecule has 8 heteroatoms. The molecule has 5 nitrogen and oxygen atoms in total. The topological polar surface area (TPSA) is 75.4 Å². The van der Waals surface area contributed by atoms with Gasteiger partial charge in [-0.05, 0) is 12.1 Å². The van der Waals surface area contributed by atoms with E-state index in [1.165, 1.54) is 18.2 Å². The molecule has 1 aromatic heterocycles. The summed E-state index contributed by atoms with van der Waals surface area (Å²) in [6.07, 6.45) is -4.47. The van der Waals surface area contributed by atoms with Gasteiger partial charge in [0.05, 0.1) is 12.1 Å². The first-order valence-electron chi connectivity index (χ1n) is 5.47. The molecule has 0 bridgehead atoms. The number of aromatic carboxylic acids is 1. The molecule has 0 atom stereocenters. The number of carboxylic acids is 1. The average Bonchev–Trinajstić information content (AvgIpc) is 2.84. The van der Waals surface area contributed by atoms with Crippen molar-refractivity contribution < 1.29 is 27.6 Å². The Bertz CT molecular complexity index is 622. The summed E-state index contributed by atoms with van der Waals surface area (Å²) in [6.45, 7) is -0.104. The van der Waals surface area contributed by atoms with E-state index in [2.05, 4.69) is 10.5 Å². The lowest BCUT2D eigenvalue weighted by atomic mass is 10.1. The van der Waals surface area contributed by atoms with Gasteiger partial charge >= 0.3 is 12.1 Å². The van der Waals surface area contributed by atoms with Gasteiger partial charge in [-0.2, -0.15) is 13.2 Å². The van der Waals surface area contributed by atoms with Crippen LogP contribution in [0.2, 0.25) is 0 Å². The number of aromatic nitrogens is 1. The fourth-order valence-electron chi connectivity index (χ4n) is 1.56. The monoisotopic (exact) mass is 286 g/mol. The summed E-state index contributed by atoms with van der Waals surface area (Å²) in [6, 6.07) is 6.11. The van der Waals surface area contributed by atoms with E-state index >= 15 is 0 Å². The average molecular weight is 286 g/mol. The van der Waals surface area contributed by atoms with E-state index in [-0.39, 0.29) is 23.7 Å². The third-order valence-electron chi connectivity index (χ3n) is 2.46. The Morgan fingerprint density at radius 2 is 2.05 bits per heavy atom. The Labute approximate surface area is 111 Å². The van der Waals surface area contributed by atoms with Crippen molar-refractivity contribution in [3.63, 3.8) is 0 Å². The van der Waals surface area contributed by atoms with Crippen LogP contribution in [0.15, 0.2) is 34.9 Å². The molecule has 0 unspecified atom stereocenters. The van der Waals surface area contributed by atoms with Crippen LogP contribution in [-0.2, 0) is 12.7 Å². The molecule has 1 heterocycles. The third kappa shape index (κ3) is 3.08. The highest BCUT2D eigenvalue weighted by Gasteiger charge is 2.33. The van der Waals surface area contributed by atoms with Gasteiger partial charge in [-0.15, -0.1) is 0 Å². The van der Waals surface area contributed by atoms with Gasteiger partial charge < -0.3 is 14.9 Å². The Kier molecular flexibility index (Phi) is 3.64. The number of hydrogen-bond donors (Lipinski definition) is 2. The van der Waals surface area contributed by atoms with E-state index in [0.29, 0.717) is 0 Å². The van der Waals surface area contributed by atoms with Crippen LogP contribution in [0.25, 0.3) is 0 Å². The summed E-state index contributed by atoms with van der Waals surface area (Å²) in [5.74, 6) is -1.14. The van der Waals surface area contributed by atoms with Crippen LogP contribution in [-0.4, -0.2) is 16.2 Å². The second kappa shape index (κ2) is 5.24. The number of carbonyl (C=O) groups is 1. The standard InChI is InChI=1S/C12H9F3N2O3/c13-12(14,15)8-3-1-2-4-9(8)16-6-7-5-10(11(18)19)17-20-7/h1-5,16H,6H2,(H,18,19). The minimum Gasteiger partial charge on any atom is -0.476 e. The minimum atomic E-state index is -4.47. The summed E-state index contributed by atoms with van der Waals surface area (Å²) in [5.41, 5.74) is -1.22. The van der Waals surface area contributed by atoms with Crippen molar-refractivity contribution in [2.24, 2.45) is 0 Å². The molecule has 0 spiro atoms. The summed E-state index contributed by atoms with van der Waals surface area (Å²) in [5, 5.41) is 14.4. The van der Waals surface area contributed by atoms with Crippen LogP contribution < -0.4 is 5.32 Å². The molecule has 2 N–H and O–H groups in total. The predicted molar refractivity (Wildman–Crippen MR) is 62.2 cm³/mol. The van der Waals surface area contributed by atoms with Crippen molar-refractivity contribution in [2.75, 3.05) is 5.32 Å². The Hall–Kier alpha value is -2.51. The number of anilines is 1. The molecule has 0 fully saturated rings. The highest BCUT2D eigenvalue weighted by Crippen LogP contribution is 2.34. The first-order valence-corrected chi connectivity index (χ1v) is 5.47. The van der Waals surface area contributed by atoms with Crippen LogP contribution in [0.5, 0.6) is 0 Å². The number of nitrogens with one attached hydrogen (secondary N) is 1. The number of carboxylic acid groups (broad SMARTS) is 1. The SMILES string of the molecule is O=C(O)c1cc(CNc2ccccc2C(F)(F)F)on1. The molecular formula is C12H9F3N2O3. The summed E-state index contributed by atoms with van der Waals surface area (Å²) in [7, 11) is 0. The van der Waals surface area contributed by atoms with Crippen LogP contribution >= 0.6 is 0 Å². The molecule has 2 aromatic rings. The Morgan fingerprint density at radius 1 is 1.35 bits per heavy atom. The van der Waals surface area contributed by atoms with Gasteiger partial charge in [0, 0.05) is 11.8 Å². The van der Waals surface area contributed by atoms with E-state index in [1.54, 1.807) is 0 Å². The summed E-state index contributed by atoms with van der Waals surface area (Å²) in [4.78, 5) is 10.6. The van der Waals surface area contributed by atoms with E-state index in [1.807, 2.05) is 0 Å². The fraction of sp³-hybridized carbons (Fsp3) is 0.167. The first-order chi connectivity index (χ1) is 9.38. The Balaban J connectivity index is 2.13. The van der Waals surface area contributed by atoms with Crippen LogP contribution in [0.1, 0.15) is 21.8 Å². The third-order valence-corrected chi connectivity index (χ3v) is 2.46. The number of para-hydroxylation sites is 1. The molecule has 2 rings (SSSR count). The van der Waals surface area contributed by atoms with Gasteiger partial charge in [-0.3, -0.25) is 0 Å². The number of alkyl halides is 3. The van der Waals surface area contributed by atoms with Crippen molar-refractivity contribution >= 4 is 11.7 Å². The molecule has 0 radical (unpaired) electrons. The smallest absolute Gasteiger partial charge is 0.418 e. The molecular weight excluding hydrogens is 277 g/mol. The zero-order valence-electron chi connectivity index (χ0n) is 9.94. The molecule has 0 saturated heterocycles. The van der Waals surface area contributed by atoms with Crippen molar-refractivity contribution in [3.8, 4) is 0 Å². The number of benzene rings is 1. The van der Waals surface area contributed by atoms with E-state index in [9.17, 15) is 18.0 Å². The van der Waals surface area contributed by atoms with Crippen LogP contribution in [0.3, 0.4) is 0 Å². The van der Waals surface area contributed by atoms with Crippen molar-refractivity contribution in [1.29, 1.82) is 0 Å². The van der Waals surface area contributed by atoms with Crippen LogP contribution in [0, 0.1) is 0 Å². The van der Waals surface area contributed by atoms with Gasteiger partial charge in [-0.25, -0.2) is 4.79 Å². The molecule has 20 heavy (non-hydrogen) atoms. The quantitative estimate of drug-likeness (QED) is 0.903. The molecule has 106 valence electrons. The first kappa shape index (κ1) is 13.9. The second-order valence-corrected chi connectivity index (χ2v) is 3.88. The minimum absolute atomic E-state index is 0.104. The zero-order chi connectivity index (χ0) is 14.8. The highest BCUT2D eigenvalue weighted by molar-refractivity contribution is 5.85. The van der Waals surface area contributed by atoms with Crippen molar-refractivity contribution in [2.45, 2.75) is 12.7 Å². The van der Waals surface area contributed by atoms with E-state index in [4.69, 9.17) is 9.63 Å². The molecule has 0 amide bonds. The molecule has 0 saturated carbocycles. The summed E-state index contributed by atoms with van der Waals surface area (Å²) >= 11 is 0. The van der Waals surface area contributed by atoms with Crippen molar-refractivity contribution in [3.05, 3.63) is 47.3 Å². The van der Waals surface area contributed by atoms with Crippen LogP contribution in [0.4, 0.5) is 18.9 Å². The summed E-state index contributed by atoms with van der Waals surface area (Å²) < 4.78 is 42.9. The lowest BCUT2D eigenvalue weighted by molar-refractivity contribution is -0.137. The molecule has 1 aromatic carbocycles. The molecule has 0 aliphatic rings. The Morgan fingerprint density at radius 3 is 2.65 bits per heavy atom. The fourth-order valence-corrected chi connectivity index (χ4v) is 1.56. The highest BCUT2D eigenvalue weighted by atomic mass is 19.4.